The van der Waals surface area contributed by atoms with Crippen LogP contribution in [-0.2, 0) is 6.42 Å². The van der Waals surface area contributed by atoms with E-state index in [2.05, 4.69) is 33.0 Å². The first kappa shape index (κ1) is 18.0. The summed E-state index contributed by atoms with van der Waals surface area (Å²) >= 11 is 0. The summed E-state index contributed by atoms with van der Waals surface area (Å²) in [5.41, 5.74) is 1.24. The lowest BCUT2D eigenvalue weighted by molar-refractivity contribution is 0.242. The lowest BCUT2D eigenvalue weighted by Crippen LogP contribution is -2.37. The maximum Gasteiger partial charge on any atom is 0.165 e. The van der Waals surface area contributed by atoms with E-state index in [4.69, 9.17) is 4.74 Å². The molecule has 0 heterocycles. The number of hydrogen-bond donors (Lipinski definition) is 1. The van der Waals surface area contributed by atoms with E-state index in [9.17, 15) is 4.39 Å². The van der Waals surface area contributed by atoms with Gasteiger partial charge in [0, 0.05) is 6.54 Å². The first-order valence-corrected chi connectivity index (χ1v) is 7.99. The summed E-state index contributed by atoms with van der Waals surface area (Å²) in [6, 6.07) is 5.31. The van der Waals surface area contributed by atoms with Crippen LogP contribution in [0.2, 0.25) is 0 Å². The lowest BCUT2D eigenvalue weighted by atomic mass is 9.76. The number of benzene rings is 1. The van der Waals surface area contributed by atoms with Crippen LogP contribution in [0.3, 0.4) is 0 Å². The molecule has 0 unspecified atom stereocenters. The molecule has 1 rings (SSSR count). The van der Waals surface area contributed by atoms with Gasteiger partial charge in [0.1, 0.15) is 0 Å². The van der Waals surface area contributed by atoms with Gasteiger partial charge in [0.05, 0.1) is 7.11 Å². The Kier molecular flexibility index (Phi) is 7.16. The predicted octanol–water partition coefficient (Wildman–Crippen LogP) is 4.43. The molecule has 0 spiro atoms. The monoisotopic (exact) mass is 295 g/mol. The normalized spacial score (nSPS) is 12.0. The smallest absolute Gasteiger partial charge is 0.165 e. The Bertz CT molecular complexity index is 427. The van der Waals surface area contributed by atoms with Gasteiger partial charge in [-0.1, -0.05) is 33.8 Å². The van der Waals surface area contributed by atoms with Gasteiger partial charge in [-0.2, -0.15) is 0 Å². The van der Waals surface area contributed by atoms with Gasteiger partial charge in [-0.25, -0.2) is 4.39 Å². The molecule has 0 saturated heterocycles. The van der Waals surface area contributed by atoms with Crippen LogP contribution in [0.15, 0.2) is 18.2 Å². The molecule has 21 heavy (non-hydrogen) atoms. The number of nitrogens with one attached hydrogen (secondary N) is 1. The molecule has 0 aliphatic rings. The second-order valence-electron chi connectivity index (χ2n) is 6.38. The van der Waals surface area contributed by atoms with Gasteiger partial charge in [-0.15, -0.1) is 0 Å². The van der Waals surface area contributed by atoms with E-state index in [1.54, 1.807) is 12.1 Å². The number of halogens is 1. The summed E-state index contributed by atoms with van der Waals surface area (Å²) in [5.74, 6) is 0.691. The third-order valence-corrected chi connectivity index (χ3v) is 4.35. The number of rotatable bonds is 9. The van der Waals surface area contributed by atoms with Crippen LogP contribution in [0.5, 0.6) is 5.75 Å². The molecule has 0 aromatic heterocycles. The molecule has 0 amide bonds. The number of methoxy groups -OCH3 is 1. The molecule has 1 aromatic rings. The molecule has 0 saturated carbocycles. The number of ether oxygens (including phenoxy) is 1. The summed E-state index contributed by atoms with van der Waals surface area (Å²) in [6.07, 6.45) is 3.07. The van der Waals surface area contributed by atoms with Gasteiger partial charge in [0.15, 0.2) is 11.6 Å². The third-order valence-electron chi connectivity index (χ3n) is 4.35. The van der Waals surface area contributed by atoms with E-state index < -0.39 is 0 Å². The molecule has 2 nitrogen and oxygen atoms in total. The van der Waals surface area contributed by atoms with Crippen molar-refractivity contribution >= 4 is 0 Å². The Morgan fingerprint density at radius 3 is 2.38 bits per heavy atom. The van der Waals surface area contributed by atoms with E-state index in [0.717, 1.165) is 37.9 Å². The maximum absolute atomic E-state index is 13.9. The highest BCUT2D eigenvalue weighted by Crippen LogP contribution is 2.31. The average Bonchev–Trinajstić information content (AvgIpc) is 2.46. The molecule has 120 valence electrons. The molecule has 0 atom stereocenters. The van der Waals surface area contributed by atoms with Crippen LogP contribution in [0.1, 0.15) is 46.1 Å². The summed E-state index contributed by atoms with van der Waals surface area (Å²) in [5, 5.41) is 3.57. The van der Waals surface area contributed by atoms with Gasteiger partial charge >= 0.3 is 0 Å². The Morgan fingerprint density at radius 2 is 1.90 bits per heavy atom. The van der Waals surface area contributed by atoms with Crippen LogP contribution < -0.4 is 10.1 Å². The van der Waals surface area contributed by atoms with Crippen molar-refractivity contribution in [3.63, 3.8) is 0 Å². The van der Waals surface area contributed by atoms with E-state index >= 15 is 0 Å². The van der Waals surface area contributed by atoms with Crippen LogP contribution in [0, 0.1) is 17.2 Å². The zero-order chi connectivity index (χ0) is 15.9. The van der Waals surface area contributed by atoms with Crippen LogP contribution >= 0.6 is 0 Å². The molecule has 3 heteroatoms. The van der Waals surface area contributed by atoms with Crippen molar-refractivity contribution in [1.29, 1.82) is 0 Å². The van der Waals surface area contributed by atoms with Crippen molar-refractivity contribution in [2.24, 2.45) is 11.3 Å². The Hall–Kier alpha value is -1.09. The summed E-state index contributed by atoms with van der Waals surface area (Å²) in [4.78, 5) is 0. The fraction of sp³-hybridized carbons (Fsp3) is 0.667. The van der Waals surface area contributed by atoms with E-state index in [1.807, 2.05) is 6.07 Å². The molecule has 0 bridgehead atoms. The highest BCUT2D eigenvalue weighted by atomic mass is 19.1. The van der Waals surface area contributed by atoms with E-state index in [-0.39, 0.29) is 11.2 Å². The molecular weight excluding hydrogens is 265 g/mol. The molecule has 0 aliphatic carbocycles. The van der Waals surface area contributed by atoms with Crippen LogP contribution in [0.25, 0.3) is 0 Å². The fourth-order valence-corrected chi connectivity index (χ4v) is 2.69. The van der Waals surface area contributed by atoms with E-state index in [1.165, 1.54) is 7.11 Å². The second kappa shape index (κ2) is 8.38. The predicted molar refractivity (Wildman–Crippen MR) is 87.4 cm³/mol. The Balaban J connectivity index is 2.79. The van der Waals surface area contributed by atoms with Crippen molar-refractivity contribution in [2.75, 3.05) is 20.2 Å². The standard InChI is InChI=1S/C18H30FNO/c1-6-18(7-2,13-20-12-14(3)4)11-15-8-9-17(21-5)16(19)10-15/h8-10,14,20H,6-7,11-13H2,1-5H3. The molecular formula is C18H30FNO. The number of hydrogen-bond acceptors (Lipinski definition) is 2. The fourth-order valence-electron chi connectivity index (χ4n) is 2.69. The Morgan fingerprint density at radius 1 is 1.24 bits per heavy atom. The third kappa shape index (κ3) is 5.31. The van der Waals surface area contributed by atoms with Crippen molar-refractivity contribution in [3.8, 4) is 5.75 Å². The molecule has 0 aliphatic heterocycles. The summed E-state index contributed by atoms with van der Waals surface area (Å²) < 4.78 is 18.8. The van der Waals surface area contributed by atoms with Crippen molar-refractivity contribution < 1.29 is 9.13 Å². The summed E-state index contributed by atoms with van der Waals surface area (Å²) in [7, 11) is 1.50. The van der Waals surface area contributed by atoms with Crippen molar-refractivity contribution in [3.05, 3.63) is 29.6 Å². The molecule has 1 N–H and O–H groups in total. The van der Waals surface area contributed by atoms with Gasteiger partial charge in [0.2, 0.25) is 0 Å². The van der Waals surface area contributed by atoms with Crippen LogP contribution in [0.4, 0.5) is 4.39 Å². The van der Waals surface area contributed by atoms with Crippen LogP contribution in [-0.4, -0.2) is 20.2 Å². The van der Waals surface area contributed by atoms with Gasteiger partial charge < -0.3 is 10.1 Å². The average molecular weight is 295 g/mol. The van der Waals surface area contributed by atoms with E-state index in [0.29, 0.717) is 11.7 Å². The Labute approximate surface area is 129 Å². The van der Waals surface area contributed by atoms with Crippen molar-refractivity contribution in [1.82, 2.24) is 5.32 Å². The minimum absolute atomic E-state index is 0.190. The quantitative estimate of drug-likeness (QED) is 0.727. The molecule has 0 radical (unpaired) electrons. The lowest BCUT2D eigenvalue weighted by Gasteiger charge is -2.33. The first-order valence-electron chi connectivity index (χ1n) is 7.99. The first-order chi connectivity index (χ1) is 9.96. The zero-order valence-corrected chi connectivity index (χ0v) is 14.1. The SMILES string of the molecule is CCC(CC)(CNCC(C)C)Cc1ccc(OC)c(F)c1. The van der Waals surface area contributed by atoms with Gasteiger partial charge in [-0.3, -0.25) is 0 Å². The molecule has 0 fully saturated rings. The topological polar surface area (TPSA) is 21.3 Å². The largest absolute Gasteiger partial charge is 0.494 e. The second-order valence-corrected chi connectivity index (χ2v) is 6.38. The minimum Gasteiger partial charge on any atom is -0.494 e. The summed E-state index contributed by atoms with van der Waals surface area (Å²) in [6.45, 7) is 10.9. The minimum atomic E-state index is -0.272. The van der Waals surface area contributed by atoms with Gasteiger partial charge in [0.25, 0.3) is 0 Å². The molecule has 1 aromatic carbocycles. The van der Waals surface area contributed by atoms with Crippen molar-refractivity contribution in [2.45, 2.75) is 47.0 Å². The highest BCUT2D eigenvalue weighted by Gasteiger charge is 2.26. The van der Waals surface area contributed by atoms with Gasteiger partial charge in [-0.05, 0) is 54.8 Å². The zero-order valence-electron chi connectivity index (χ0n) is 14.1. The maximum atomic E-state index is 13.9. The highest BCUT2D eigenvalue weighted by molar-refractivity contribution is 5.30.